The Morgan fingerprint density at radius 1 is 1.27 bits per heavy atom. The van der Waals surface area contributed by atoms with Crippen LogP contribution in [0.25, 0.3) is 0 Å². The lowest BCUT2D eigenvalue weighted by Crippen LogP contribution is -2.37. The molecule has 1 fully saturated rings. The highest BCUT2D eigenvalue weighted by Crippen LogP contribution is 2.39. The molecule has 1 aromatic rings. The van der Waals surface area contributed by atoms with Crippen LogP contribution in [-0.4, -0.2) is 17.1 Å². The zero-order valence-corrected chi connectivity index (χ0v) is 12.3. The van der Waals surface area contributed by atoms with Crippen molar-refractivity contribution < 1.29 is 23.1 Å². The molecule has 1 saturated carbocycles. The van der Waals surface area contributed by atoms with Crippen LogP contribution in [0.1, 0.15) is 43.2 Å². The standard InChI is InChI=1S/C16H20F3NO2/c1-9(15(21)22)11-4-7-14(20)13(8-11)10-2-5-12(6-3-10)16(17,18)19/h2-3,5-6,9,11,13-14H,4,7-8,20H2,1H3,(H,21,22). The number of hydrogen-bond donors (Lipinski definition) is 2. The Hall–Kier alpha value is -1.56. The number of nitrogens with two attached hydrogens (primary N) is 1. The maximum absolute atomic E-state index is 12.6. The van der Waals surface area contributed by atoms with Crippen molar-refractivity contribution in [3.8, 4) is 0 Å². The lowest BCUT2D eigenvalue weighted by Gasteiger charge is -2.36. The van der Waals surface area contributed by atoms with Crippen LogP contribution < -0.4 is 5.73 Å². The third kappa shape index (κ3) is 3.61. The van der Waals surface area contributed by atoms with Crippen molar-refractivity contribution in [1.82, 2.24) is 0 Å². The minimum Gasteiger partial charge on any atom is -0.481 e. The molecule has 0 aromatic heterocycles. The molecule has 4 unspecified atom stereocenters. The molecule has 1 aliphatic rings. The van der Waals surface area contributed by atoms with Crippen LogP contribution in [0.4, 0.5) is 13.2 Å². The minimum absolute atomic E-state index is 0.00425. The van der Waals surface area contributed by atoms with Gasteiger partial charge in [-0.3, -0.25) is 4.79 Å². The van der Waals surface area contributed by atoms with Crippen molar-refractivity contribution in [3.05, 3.63) is 35.4 Å². The molecule has 0 spiro atoms. The molecule has 122 valence electrons. The summed E-state index contributed by atoms with van der Waals surface area (Å²) in [4.78, 5) is 11.1. The molecule has 1 aliphatic carbocycles. The lowest BCUT2D eigenvalue weighted by atomic mass is 9.71. The zero-order chi connectivity index (χ0) is 16.5. The fourth-order valence-corrected chi connectivity index (χ4v) is 3.18. The quantitative estimate of drug-likeness (QED) is 0.895. The summed E-state index contributed by atoms with van der Waals surface area (Å²) >= 11 is 0. The topological polar surface area (TPSA) is 63.3 Å². The number of carboxylic acid groups (broad SMARTS) is 1. The summed E-state index contributed by atoms with van der Waals surface area (Å²) in [6, 6.07) is 4.90. The summed E-state index contributed by atoms with van der Waals surface area (Å²) in [6.45, 7) is 1.67. The predicted molar refractivity (Wildman–Crippen MR) is 76.3 cm³/mol. The molecule has 1 aromatic carbocycles. The third-order valence-corrected chi connectivity index (χ3v) is 4.71. The van der Waals surface area contributed by atoms with E-state index in [0.717, 1.165) is 24.1 Å². The van der Waals surface area contributed by atoms with Gasteiger partial charge < -0.3 is 10.8 Å². The van der Waals surface area contributed by atoms with Crippen molar-refractivity contribution in [2.24, 2.45) is 17.6 Å². The maximum Gasteiger partial charge on any atom is 0.416 e. The largest absolute Gasteiger partial charge is 0.481 e. The SMILES string of the molecule is CC(C(=O)O)C1CCC(N)C(c2ccc(C(F)(F)F)cc2)C1. The van der Waals surface area contributed by atoms with E-state index in [1.54, 1.807) is 6.92 Å². The normalized spacial score (nSPS) is 27.4. The molecule has 6 heteroatoms. The van der Waals surface area contributed by atoms with Gasteiger partial charge in [0.05, 0.1) is 11.5 Å². The van der Waals surface area contributed by atoms with E-state index in [9.17, 15) is 18.0 Å². The molecular weight excluding hydrogens is 295 g/mol. The Labute approximate surface area is 127 Å². The Morgan fingerprint density at radius 2 is 1.86 bits per heavy atom. The molecule has 22 heavy (non-hydrogen) atoms. The van der Waals surface area contributed by atoms with Gasteiger partial charge in [0.15, 0.2) is 0 Å². The number of carboxylic acids is 1. The van der Waals surface area contributed by atoms with Crippen LogP contribution >= 0.6 is 0 Å². The molecule has 0 saturated heterocycles. The smallest absolute Gasteiger partial charge is 0.416 e. The second-order valence-corrected chi connectivity index (χ2v) is 6.09. The highest BCUT2D eigenvalue weighted by molar-refractivity contribution is 5.69. The third-order valence-electron chi connectivity index (χ3n) is 4.71. The van der Waals surface area contributed by atoms with Gasteiger partial charge in [-0.25, -0.2) is 0 Å². The number of aliphatic carboxylic acids is 1. The van der Waals surface area contributed by atoms with E-state index in [1.807, 2.05) is 0 Å². The van der Waals surface area contributed by atoms with Crippen molar-refractivity contribution >= 4 is 5.97 Å². The molecule has 0 radical (unpaired) electrons. The van der Waals surface area contributed by atoms with Crippen molar-refractivity contribution in [1.29, 1.82) is 0 Å². The van der Waals surface area contributed by atoms with E-state index in [1.165, 1.54) is 12.1 Å². The monoisotopic (exact) mass is 315 g/mol. The molecule has 2 rings (SSSR count). The number of carbonyl (C=O) groups is 1. The molecule has 0 heterocycles. The summed E-state index contributed by atoms with van der Waals surface area (Å²) in [7, 11) is 0. The van der Waals surface area contributed by atoms with Crippen molar-refractivity contribution in [3.63, 3.8) is 0 Å². The first-order valence-corrected chi connectivity index (χ1v) is 7.35. The van der Waals surface area contributed by atoms with E-state index < -0.39 is 23.6 Å². The summed E-state index contributed by atoms with van der Waals surface area (Å²) in [5.41, 5.74) is 6.17. The molecule has 3 N–H and O–H groups in total. The summed E-state index contributed by atoms with van der Waals surface area (Å²) in [6.07, 6.45) is -2.33. The van der Waals surface area contributed by atoms with Gasteiger partial charge in [0.2, 0.25) is 0 Å². The number of benzene rings is 1. The van der Waals surface area contributed by atoms with Crippen LogP contribution in [0, 0.1) is 11.8 Å². The number of rotatable bonds is 3. The van der Waals surface area contributed by atoms with E-state index in [0.29, 0.717) is 12.8 Å². The Balaban J connectivity index is 2.17. The van der Waals surface area contributed by atoms with Gasteiger partial charge >= 0.3 is 12.1 Å². The van der Waals surface area contributed by atoms with Crippen molar-refractivity contribution in [2.75, 3.05) is 0 Å². The van der Waals surface area contributed by atoms with E-state index in [-0.39, 0.29) is 17.9 Å². The predicted octanol–water partition coefficient (Wildman–Crippen LogP) is 3.64. The zero-order valence-electron chi connectivity index (χ0n) is 12.3. The van der Waals surface area contributed by atoms with Crippen LogP contribution in [0.3, 0.4) is 0 Å². The van der Waals surface area contributed by atoms with Gasteiger partial charge in [-0.15, -0.1) is 0 Å². The molecule has 4 atom stereocenters. The van der Waals surface area contributed by atoms with Gasteiger partial charge in [-0.2, -0.15) is 13.2 Å². The Morgan fingerprint density at radius 3 is 2.36 bits per heavy atom. The highest BCUT2D eigenvalue weighted by atomic mass is 19.4. The highest BCUT2D eigenvalue weighted by Gasteiger charge is 2.35. The van der Waals surface area contributed by atoms with E-state index >= 15 is 0 Å². The number of alkyl halides is 3. The Bertz CT molecular complexity index is 527. The number of hydrogen-bond acceptors (Lipinski definition) is 2. The van der Waals surface area contributed by atoms with E-state index in [2.05, 4.69) is 0 Å². The minimum atomic E-state index is -4.35. The van der Waals surface area contributed by atoms with Crippen LogP contribution in [0.2, 0.25) is 0 Å². The first kappa shape index (κ1) is 16.8. The van der Waals surface area contributed by atoms with Gasteiger partial charge in [0.1, 0.15) is 0 Å². The molecule has 3 nitrogen and oxygen atoms in total. The molecule has 0 amide bonds. The van der Waals surface area contributed by atoms with Gasteiger partial charge in [-0.05, 0) is 48.8 Å². The Kier molecular flexibility index (Phi) is 4.80. The lowest BCUT2D eigenvalue weighted by molar-refractivity contribution is -0.143. The molecular formula is C16H20F3NO2. The fourth-order valence-electron chi connectivity index (χ4n) is 3.18. The van der Waals surface area contributed by atoms with Crippen LogP contribution in [0.15, 0.2) is 24.3 Å². The van der Waals surface area contributed by atoms with Crippen LogP contribution in [0.5, 0.6) is 0 Å². The van der Waals surface area contributed by atoms with Crippen molar-refractivity contribution in [2.45, 2.75) is 44.3 Å². The van der Waals surface area contributed by atoms with Gasteiger partial charge in [0.25, 0.3) is 0 Å². The number of halogens is 3. The average Bonchev–Trinajstić information content (AvgIpc) is 2.46. The summed E-state index contributed by atoms with van der Waals surface area (Å²) in [5, 5.41) is 9.13. The van der Waals surface area contributed by atoms with Crippen LogP contribution in [-0.2, 0) is 11.0 Å². The van der Waals surface area contributed by atoms with Gasteiger partial charge in [-0.1, -0.05) is 19.1 Å². The molecule has 0 aliphatic heterocycles. The summed E-state index contributed by atoms with van der Waals surface area (Å²) in [5.74, 6) is -1.40. The maximum atomic E-state index is 12.6. The first-order valence-electron chi connectivity index (χ1n) is 7.35. The summed E-state index contributed by atoms with van der Waals surface area (Å²) < 4.78 is 37.8. The second kappa shape index (κ2) is 6.28. The first-order chi connectivity index (χ1) is 10.2. The van der Waals surface area contributed by atoms with Gasteiger partial charge in [0, 0.05) is 6.04 Å². The second-order valence-electron chi connectivity index (χ2n) is 6.09. The average molecular weight is 315 g/mol. The molecule has 0 bridgehead atoms. The van der Waals surface area contributed by atoms with E-state index in [4.69, 9.17) is 10.8 Å². The fraction of sp³-hybridized carbons (Fsp3) is 0.562.